The molecule has 0 unspecified atom stereocenters. The summed E-state index contributed by atoms with van der Waals surface area (Å²) >= 11 is 0. The van der Waals surface area contributed by atoms with Crippen LogP contribution in [0.2, 0.25) is 0 Å². The number of rotatable bonds is 8. The Bertz CT molecular complexity index is 330. The van der Waals surface area contributed by atoms with Crippen molar-refractivity contribution in [3.8, 4) is 0 Å². The van der Waals surface area contributed by atoms with Crippen LogP contribution in [0.1, 0.15) is 39.5 Å². The number of nitrogens with zero attached hydrogens (tertiary/aromatic N) is 1. The van der Waals surface area contributed by atoms with Gasteiger partial charge in [-0.25, -0.2) is 0 Å². The maximum atomic E-state index is 12.2. The lowest BCUT2D eigenvalue weighted by molar-refractivity contribution is -0.136. The van der Waals surface area contributed by atoms with Crippen LogP contribution in [0.15, 0.2) is 0 Å². The molecule has 116 valence electrons. The second-order valence-electron chi connectivity index (χ2n) is 5.74. The molecule has 0 aliphatic heterocycles. The van der Waals surface area contributed by atoms with Crippen LogP contribution >= 0.6 is 0 Å². The average Bonchev–Trinajstić information content (AvgIpc) is 2.36. The third-order valence-electron chi connectivity index (χ3n) is 3.83. The molecule has 0 aromatic rings. The summed E-state index contributed by atoms with van der Waals surface area (Å²) in [6.07, 6.45) is 3.73. The molecule has 6 heteroatoms. The summed E-state index contributed by atoms with van der Waals surface area (Å²) in [7, 11) is 0. The van der Waals surface area contributed by atoms with Crippen LogP contribution in [0.5, 0.6) is 0 Å². The Morgan fingerprint density at radius 3 is 2.50 bits per heavy atom. The predicted octanol–water partition coefficient (Wildman–Crippen LogP) is -0.151. The Morgan fingerprint density at radius 1 is 1.40 bits per heavy atom. The van der Waals surface area contributed by atoms with Gasteiger partial charge in [0.1, 0.15) is 0 Å². The number of aliphatic hydroxyl groups excluding tert-OH is 1. The highest BCUT2D eigenvalue weighted by Gasteiger charge is 2.28. The fourth-order valence-electron chi connectivity index (χ4n) is 2.14. The van der Waals surface area contributed by atoms with E-state index >= 15 is 0 Å². The lowest BCUT2D eigenvalue weighted by atomic mass is 9.91. The molecule has 1 atom stereocenters. The van der Waals surface area contributed by atoms with Crippen LogP contribution in [-0.2, 0) is 9.59 Å². The summed E-state index contributed by atoms with van der Waals surface area (Å²) < 4.78 is 0. The van der Waals surface area contributed by atoms with Crippen LogP contribution in [0, 0.1) is 5.92 Å². The monoisotopic (exact) mass is 285 g/mol. The van der Waals surface area contributed by atoms with Crippen molar-refractivity contribution < 1.29 is 14.7 Å². The molecule has 4 N–H and O–H groups in total. The predicted molar refractivity (Wildman–Crippen MR) is 76.9 cm³/mol. The number of carbonyl (C=O) groups is 2. The zero-order chi connectivity index (χ0) is 15.1. The smallest absolute Gasteiger partial charge is 0.242 e. The molecule has 6 nitrogen and oxygen atoms in total. The van der Waals surface area contributed by atoms with Gasteiger partial charge in [0.05, 0.1) is 12.6 Å². The van der Waals surface area contributed by atoms with Gasteiger partial charge in [-0.1, -0.05) is 13.8 Å². The molecule has 0 spiro atoms. The Kier molecular flexibility index (Phi) is 6.95. The first-order valence-corrected chi connectivity index (χ1v) is 7.41. The molecular weight excluding hydrogens is 258 g/mol. The van der Waals surface area contributed by atoms with Crippen molar-refractivity contribution in [2.24, 2.45) is 11.7 Å². The van der Waals surface area contributed by atoms with Crippen molar-refractivity contribution in [1.82, 2.24) is 10.2 Å². The van der Waals surface area contributed by atoms with Gasteiger partial charge in [-0.3, -0.25) is 9.59 Å². The molecule has 0 saturated heterocycles. The zero-order valence-electron chi connectivity index (χ0n) is 12.5. The molecule has 1 rings (SSSR count). The lowest BCUT2D eigenvalue weighted by Crippen LogP contribution is -2.51. The minimum atomic E-state index is -0.586. The number of nitrogens with two attached hydrogens (primary N) is 1. The van der Waals surface area contributed by atoms with Gasteiger partial charge in [0.15, 0.2) is 0 Å². The molecule has 2 amide bonds. The van der Waals surface area contributed by atoms with Crippen LogP contribution in [0.4, 0.5) is 0 Å². The Labute approximate surface area is 120 Å². The fourth-order valence-corrected chi connectivity index (χ4v) is 2.14. The highest BCUT2D eigenvalue weighted by atomic mass is 16.3. The average molecular weight is 285 g/mol. The van der Waals surface area contributed by atoms with Crippen LogP contribution in [0.25, 0.3) is 0 Å². The summed E-state index contributed by atoms with van der Waals surface area (Å²) in [6.45, 7) is 4.34. The lowest BCUT2D eigenvalue weighted by Gasteiger charge is -2.37. The summed E-state index contributed by atoms with van der Waals surface area (Å²) in [6, 6.07) is -0.317. The van der Waals surface area contributed by atoms with E-state index in [9.17, 15) is 9.59 Å². The Morgan fingerprint density at radius 2 is 2.05 bits per heavy atom. The molecule has 1 saturated carbocycles. The van der Waals surface area contributed by atoms with Gasteiger partial charge < -0.3 is 21.1 Å². The minimum Gasteiger partial charge on any atom is -0.396 e. The molecular formula is C14H27N3O3. The van der Waals surface area contributed by atoms with E-state index in [1.54, 1.807) is 4.90 Å². The van der Waals surface area contributed by atoms with E-state index in [2.05, 4.69) is 5.32 Å². The molecule has 0 bridgehead atoms. The quantitative estimate of drug-likeness (QED) is 0.578. The molecule has 1 aliphatic rings. The summed E-state index contributed by atoms with van der Waals surface area (Å²) in [4.78, 5) is 25.7. The van der Waals surface area contributed by atoms with E-state index < -0.39 is 6.04 Å². The van der Waals surface area contributed by atoms with Gasteiger partial charge in [0.25, 0.3) is 0 Å². The van der Waals surface area contributed by atoms with Crippen molar-refractivity contribution >= 4 is 11.8 Å². The highest BCUT2D eigenvalue weighted by molar-refractivity contribution is 5.87. The Balaban J connectivity index is 2.43. The first-order chi connectivity index (χ1) is 9.47. The van der Waals surface area contributed by atoms with Crippen molar-refractivity contribution in [3.63, 3.8) is 0 Å². The van der Waals surface area contributed by atoms with Gasteiger partial charge in [-0.2, -0.15) is 0 Å². The van der Waals surface area contributed by atoms with E-state index in [0.717, 1.165) is 19.3 Å². The highest BCUT2D eigenvalue weighted by Crippen LogP contribution is 2.24. The van der Waals surface area contributed by atoms with Gasteiger partial charge in [0.2, 0.25) is 11.8 Å². The first kappa shape index (κ1) is 16.9. The number of amides is 2. The molecule has 0 aromatic carbocycles. The van der Waals surface area contributed by atoms with Crippen LogP contribution < -0.4 is 11.1 Å². The first-order valence-electron chi connectivity index (χ1n) is 7.41. The second kappa shape index (κ2) is 8.21. The Hall–Kier alpha value is -1.14. The fraction of sp³-hybridized carbons (Fsp3) is 0.857. The van der Waals surface area contributed by atoms with E-state index in [-0.39, 0.29) is 36.9 Å². The maximum absolute atomic E-state index is 12.2. The van der Waals surface area contributed by atoms with Gasteiger partial charge in [-0.05, 0) is 31.6 Å². The van der Waals surface area contributed by atoms with Gasteiger partial charge in [0, 0.05) is 19.2 Å². The summed E-state index contributed by atoms with van der Waals surface area (Å²) in [5.74, 6) is -0.334. The van der Waals surface area contributed by atoms with Crippen LogP contribution in [0.3, 0.4) is 0 Å². The maximum Gasteiger partial charge on any atom is 0.242 e. The van der Waals surface area contributed by atoms with Crippen LogP contribution in [-0.4, -0.2) is 53.6 Å². The topological polar surface area (TPSA) is 95.7 Å². The van der Waals surface area contributed by atoms with E-state index in [0.29, 0.717) is 13.0 Å². The summed E-state index contributed by atoms with van der Waals surface area (Å²) in [5, 5.41) is 11.5. The van der Waals surface area contributed by atoms with Crippen molar-refractivity contribution in [2.75, 3.05) is 19.7 Å². The third kappa shape index (κ3) is 4.76. The number of carbonyl (C=O) groups excluding carboxylic acids is 2. The molecule has 0 aromatic heterocycles. The molecule has 20 heavy (non-hydrogen) atoms. The van der Waals surface area contributed by atoms with E-state index in [4.69, 9.17) is 10.8 Å². The normalized spacial score (nSPS) is 16.6. The number of hydrogen-bond donors (Lipinski definition) is 3. The molecule has 0 radical (unpaired) electrons. The largest absolute Gasteiger partial charge is 0.396 e. The standard InChI is InChI=1S/C14H27N3O3/c1-10(2)13(15)14(20)16-9-12(19)17(7-4-8-18)11-5-3-6-11/h10-11,13,18H,3-9,15H2,1-2H3,(H,16,20)/t13-/m0/s1. The SMILES string of the molecule is CC(C)[C@H](N)C(=O)NCC(=O)N(CCCO)C1CCC1. The van der Waals surface area contributed by atoms with E-state index in [1.807, 2.05) is 13.8 Å². The van der Waals surface area contributed by atoms with Gasteiger partial charge >= 0.3 is 0 Å². The van der Waals surface area contributed by atoms with Crippen molar-refractivity contribution in [1.29, 1.82) is 0 Å². The zero-order valence-corrected chi connectivity index (χ0v) is 12.5. The number of aliphatic hydroxyl groups is 1. The van der Waals surface area contributed by atoms with Crippen molar-refractivity contribution in [2.45, 2.75) is 51.6 Å². The van der Waals surface area contributed by atoms with Crippen molar-refractivity contribution in [3.05, 3.63) is 0 Å². The third-order valence-corrected chi connectivity index (χ3v) is 3.83. The number of nitrogens with one attached hydrogen (secondary N) is 1. The minimum absolute atomic E-state index is 0.0127. The number of hydrogen-bond acceptors (Lipinski definition) is 4. The van der Waals surface area contributed by atoms with E-state index in [1.165, 1.54) is 0 Å². The molecule has 0 heterocycles. The molecule has 1 fully saturated rings. The molecule has 1 aliphatic carbocycles. The van der Waals surface area contributed by atoms with Gasteiger partial charge in [-0.15, -0.1) is 0 Å². The second-order valence-corrected chi connectivity index (χ2v) is 5.74. The summed E-state index contributed by atoms with van der Waals surface area (Å²) in [5.41, 5.74) is 5.73.